The predicted molar refractivity (Wildman–Crippen MR) is 107 cm³/mol. The number of nitrogens with one attached hydrogen (secondary N) is 1. The molecule has 1 fully saturated rings. The lowest BCUT2D eigenvalue weighted by Crippen LogP contribution is -2.15. The van der Waals surface area contributed by atoms with E-state index in [1.165, 1.54) is 24.6 Å². The van der Waals surface area contributed by atoms with Gasteiger partial charge < -0.3 is 9.88 Å². The number of halogens is 1. The van der Waals surface area contributed by atoms with Crippen molar-refractivity contribution in [1.29, 1.82) is 0 Å². The number of hydrogen-bond acceptors (Lipinski definition) is 4. The molecule has 0 spiro atoms. The first-order chi connectivity index (χ1) is 12.6. The fourth-order valence-electron chi connectivity index (χ4n) is 3.24. The highest BCUT2D eigenvalue weighted by Crippen LogP contribution is 2.34. The molecule has 1 aliphatic carbocycles. The average Bonchev–Trinajstić information content (AvgIpc) is 3.26. The number of thioether (sulfide) groups is 1. The highest BCUT2D eigenvalue weighted by Gasteiger charge is 2.24. The molecule has 0 atom stereocenters. The summed E-state index contributed by atoms with van der Waals surface area (Å²) in [5.74, 6) is 1.68. The molecule has 1 aromatic carbocycles. The summed E-state index contributed by atoms with van der Waals surface area (Å²) in [5, 5.41) is 13.0. The minimum atomic E-state index is -0.0871. The molecule has 138 valence electrons. The number of hydrogen-bond donors (Lipinski definition) is 1. The van der Waals surface area contributed by atoms with Crippen LogP contribution in [0, 0.1) is 6.92 Å². The second-order valence-electron chi connectivity index (χ2n) is 6.52. The molecule has 0 aliphatic heterocycles. The highest BCUT2D eigenvalue weighted by atomic mass is 35.5. The van der Waals surface area contributed by atoms with E-state index in [0.29, 0.717) is 17.5 Å². The van der Waals surface area contributed by atoms with Crippen molar-refractivity contribution in [2.45, 2.75) is 50.2 Å². The van der Waals surface area contributed by atoms with E-state index in [2.05, 4.69) is 26.7 Å². The molecule has 1 saturated carbocycles. The van der Waals surface area contributed by atoms with Crippen LogP contribution >= 0.6 is 23.4 Å². The normalized spacial score (nSPS) is 14.5. The van der Waals surface area contributed by atoms with Gasteiger partial charge in [0, 0.05) is 23.2 Å². The van der Waals surface area contributed by atoms with Crippen LogP contribution in [-0.2, 0) is 11.3 Å². The average molecular weight is 391 g/mol. The van der Waals surface area contributed by atoms with E-state index in [1.54, 1.807) is 6.07 Å². The smallest absolute Gasteiger partial charge is 0.234 e. The molecule has 0 saturated heterocycles. The molecule has 0 bridgehead atoms. The number of aryl methyl sites for hydroxylation is 1. The van der Waals surface area contributed by atoms with Gasteiger partial charge in [0.15, 0.2) is 5.16 Å². The zero-order valence-corrected chi connectivity index (χ0v) is 16.4. The first kappa shape index (κ1) is 19.0. The third kappa shape index (κ3) is 4.48. The molecule has 1 aliphatic rings. The molecule has 3 rings (SSSR count). The van der Waals surface area contributed by atoms with E-state index in [-0.39, 0.29) is 11.7 Å². The first-order valence-corrected chi connectivity index (χ1v) is 10.2. The van der Waals surface area contributed by atoms with Crippen LogP contribution in [0.15, 0.2) is 36.0 Å². The molecule has 1 aromatic heterocycles. The SMILES string of the molecule is C=CCn1c(SCC(=O)Nc2cc(Cl)ccc2C)nnc1C1CCCC1. The van der Waals surface area contributed by atoms with E-state index in [0.717, 1.165) is 35.1 Å². The van der Waals surface area contributed by atoms with Gasteiger partial charge in [-0.05, 0) is 37.5 Å². The van der Waals surface area contributed by atoms with Gasteiger partial charge in [-0.25, -0.2) is 0 Å². The van der Waals surface area contributed by atoms with Gasteiger partial charge in [0.05, 0.1) is 5.75 Å². The summed E-state index contributed by atoms with van der Waals surface area (Å²) in [6.07, 6.45) is 6.66. The Morgan fingerprint density at radius 3 is 2.92 bits per heavy atom. The lowest BCUT2D eigenvalue weighted by atomic mass is 10.1. The van der Waals surface area contributed by atoms with Gasteiger partial charge in [-0.2, -0.15) is 0 Å². The number of benzene rings is 1. The van der Waals surface area contributed by atoms with Crippen molar-refractivity contribution in [1.82, 2.24) is 14.8 Å². The van der Waals surface area contributed by atoms with Gasteiger partial charge in [-0.3, -0.25) is 4.79 Å². The van der Waals surface area contributed by atoms with Crippen molar-refractivity contribution in [2.75, 3.05) is 11.1 Å². The number of aromatic nitrogens is 3. The van der Waals surface area contributed by atoms with Gasteiger partial charge in [0.1, 0.15) is 5.82 Å². The maximum atomic E-state index is 12.3. The fourth-order valence-corrected chi connectivity index (χ4v) is 4.17. The zero-order valence-electron chi connectivity index (χ0n) is 14.9. The van der Waals surface area contributed by atoms with Crippen molar-refractivity contribution in [3.05, 3.63) is 47.3 Å². The van der Waals surface area contributed by atoms with E-state index < -0.39 is 0 Å². The molecule has 1 N–H and O–H groups in total. The van der Waals surface area contributed by atoms with Crippen LogP contribution in [0.3, 0.4) is 0 Å². The van der Waals surface area contributed by atoms with Crippen LogP contribution in [0.1, 0.15) is 43.0 Å². The second-order valence-corrected chi connectivity index (χ2v) is 7.90. The molecule has 1 heterocycles. The summed E-state index contributed by atoms with van der Waals surface area (Å²) in [6, 6.07) is 5.46. The molecule has 0 unspecified atom stereocenters. The monoisotopic (exact) mass is 390 g/mol. The van der Waals surface area contributed by atoms with E-state index >= 15 is 0 Å². The third-order valence-electron chi connectivity index (χ3n) is 4.58. The molecule has 0 radical (unpaired) electrons. The van der Waals surface area contributed by atoms with Crippen LogP contribution in [0.25, 0.3) is 0 Å². The van der Waals surface area contributed by atoms with Crippen molar-refractivity contribution < 1.29 is 4.79 Å². The minimum Gasteiger partial charge on any atom is -0.325 e. The van der Waals surface area contributed by atoms with E-state index in [1.807, 2.05) is 25.1 Å². The van der Waals surface area contributed by atoms with Crippen LogP contribution < -0.4 is 5.32 Å². The fraction of sp³-hybridized carbons (Fsp3) is 0.421. The van der Waals surface area contributed by atoms with Crippen molar-refractivity contribution in [3.8, 4) is 0 Å². The van der Waals surface area contributed by atoms with Gasteiger partial charge in [-0.15, -0.1) is 16.8 Å². The number of anilines is 1. The Hall–Kier alpha value is -1.79. The van der Waals surface area contributed by atoms with Gasteiger partial charge >= 0.3 is 0 Å². The molecule has 26 heavy (non-hydrogen) atoms. The van der Waals surface area contributed by atoms with Crippen LogP contribution in [-0.4, -0.2) is 26.4 Å². The summed E-state index contributed by atoms with van der Waals surface area (Å²) in [6.45, 7) is 6.44. The quantitative estimate of drug-likeness (QED) is 0.544. The Balaban J connectivity index is 1.66. The van der Waals surface area contributed by atoms with E-state index in [4.69, 9.17) is 11.6 Å². The number of carbonyl (C=O) groups is 1. The molecule has 2 aromatic rings. The third-order valence-corrected chi connectivity index (χ3v) is 5.79. The first-order valence-electron chi connectivity index (χ1n) is 8.81. The number of allylic oxidation sites excluding steroid dienone is 1. The summed E-state index contributed by atoms with van der Waals surface area (Å²) in [4.78, 5) is 12.3. The number of rotatable bonds is 7. The molecule has 7 heteroatoms. The number of carbonyl (C=O) groups excluding carboxylic acids is 1. The maximum absolute atomic E-state index is 12.3. The minimum absolute atomic E-state index is 0.0871. The van der Waals surface area contributed by atoms with Gasteiger partial charge in [-0.1, -0.05) is 48.3 Å². The Morgan fingerprint density at radius 2 is 2.19 bits per heavy atom. The Morgan fingerprint density at radius 1 is 1.42 bits per heavy atom. The Bertz CT molecular complexity index is 799. The maximum Gasteiger partial charge on any atom is 0.234 e. The molecular weight excluding hydrogens is 368 g/mol. The number of amides is 1. The highest BCUT2D eigenvalue weighted by molar-refractivity contribution is 7.99. The van der Waals surface area contributed by atoms with Crippen molar-refractivity contribution >= 4 is 35.0 Å². The second kappa shape index (κ2) is 8.73. The van der Waals surface area contributed by atoms with E-state index in [9.17, 15) is 4.79 Å². The predicted octanol–water partition coefficient (Wildman–Crippen LogP) is 4.81. The lowest BCUT2D eigenvalue weighted by molar-refractivity contribution is -0.113. The summed E-state index contributed by atoms with van der Waals surface area (Å²) >= 11 is 7.41. The van der Waals surface area contributed by atoms with Crippen molar-refractivity contribution in [2.24, 2.45) is 0 Å². The Kier molecular flexibility index (Phi) is 6.38. The van der Waals surface area contributed by atoms with Gasteiger partial charge in [0.2, 0.25) is 5.91 Å². The van der Waals surface area contributed by atoms with Crippen LogP contribution in [0.2, 0.25) is 5.02 Å². The topological polar surface area (TPSA) is 59.8 Å². The lowest BCUT2D eigenvalue weighted by Gasteiger charge is -2.12. The summed E-state index contributed by atoms with van der Waals surface area (Å²) < 4.78 is 2.09. The molecule has 5 nitrogen and oxygen atoms in total. The van der Waals surface area contributed by atoms with Crippen LogP contribution in [0.5, 0.6) is 0 Å². The van der Waals surface area contributed by atoms with Gasteiger partial charge in [0.25, 0.3) is 0 Å². The molecular formula is C19H23ClN4OS. The Labute approximate surface area is 163 Å². The van der Waals surface area contributed by atoms with Crippen LogP contribution in [0.4, 0.5) is 5.69 Å². The molecule has 1 amide bonds. The summed E-state index contributed by atoms with van der Waals surface area (Å²) in [7, 11) is 0. The standard InChI is InChI=1S/C19H23ClN4OS/c1-3-10-24-18(14-6-4-5-7-14)22-23-19(24)26-12-17(25)21-16-11-15(20)9-8-13(16)2/h3,8-9,11,14H,1,4-7,10,12H2,2H3,(H,21,25). The summed E-state index contributed by atoms with van der Waals surface area (Å²) in [5.41, 5.74) is 1.72. The largest absolute Gasteiger partial charge is 0.325 e. The van der Waals surface area contributed by atoms with Crippen molar-refractivity contribution in [3.63, 3.8) is 0 Å². The number of nitrogens with zero attached hydrogens (tertiary/aromatic N) is 3. The zero-order chi connectivity index (χ0) is 18.5.